The number of ether oxygens (including phenoxy) is 1. The Morgan fingerprint density at radius 3 is 2.14 bits per heavy atom. The minimum absolute atomic E-state index is 0.107. The molecule has 0 aliphatic heterocycles. The van der Waals surface area contributed by atoms with E-state index in [0.29, 0.717) is 5.75 Å². The van der Waals surface area contributed by atoms with Crippen LogP contribution in [0.25, 0.3) is 0 Å². The summed E-state index contributed by atoms with van der Waals surface area (Å²) >= 11 is 0. The van der Waals surface area contributed by atoms with Crippen molar-refractivity contribution in [3.8, 4) is 5.75 Å². The monoisotopic (exact) mass is 396 g/mol. The third kappa shape index (κ3) is 6.08. The molecule has 0 saturated carbocycles. The summed E-state index contributed by atoms with van der Waals surface area (Å²) in [5.41, 5.74) is 6.06. The van der Waals surface area contributed by atoms with Crippen LogP contribution >= 0.6 is 0 Å². The molecule has 5 nitrogen and oxygen atoms in total. The van der Waals surface area contributed by atoms with E-state index in [0.717, 1.165) is 33.5 Å². The van der Waals surface area contributed by atoms with Gasteiger partial charge >= 0.3 is 0 Å². The second-order valence-corrected chi connectivity index (χ2v) is 8.00. The van der Waals surface area contributed by atoms with Gasteiger partial charge in [-0.1, -0.05) is 43.7 Å². The van der Waals surface area contributed by atoms with Crippen LogP contribution in [-0.4, -0.2) is 24.5 Å². The molecule has 2 aromatic carbocycles. The molecule has 1 atom stereocenters. The average Bonchev–Trinajstić information content (AvgIpc) is 2.62. The van der Waals surface area contributed by atoms with E-state index in [1.807, 2.05) is 58.0 Å². The summed E-state index contributed by atoms with van der Waals surface area (Å²) in [6.07, 6.45) is -0.704. The number of hydrogen-bond acceptors (Lipinski definition) is 3. The van der Waals surface area contributed by atoms with Crippen molar-refractivity contribution in [1.29, 1.82) is 0 Å². The molecule has 0 radical (unpaired) electrons. The maximum atomic E-state index is 12.4. The molecular formula is C24H32N2O3. The smallest absolute Gasteiger partial charge is 0.261 e. The lowest BCUT2D eigenvalue weighted by Crippen LogP contribution is -2.40. The first-order chi connectivity index (χ1) is 13.6. The first-order valence-corrected chi connectivity index (χ1v) is 10.0. The highest BCUT2D eigenvalue weighted by Crippen LogP contribution is 2.28. The molecule has 2 N–H and O–H groups in total. The summed E-state index contributed by atoms with van der Waals surface area (Å²) in [5.74, 6) is 0.401. The fraction of sp³-hybridized carbons (Fsp3) is 0.417. The van der Waals surface area contributed by atoms with Crippen molar-refractivity contribution in [2.24, 2.45) is 0 Å². The third-order valence-corrected chi connectivity index (χ3v) is 4.83. The highest BCUT2D eigenvalue weighted by molar-refractivity contribution is 5.96. The number of rotatable bonds is 7. The Bertz CT molecular complexity index is 880. The van der Waals surface area contributed by atoms with Gasteiger partial charge in [0.2, 0.25) is 5.91 Å². The van der Waals surface area contributed by atoms with Gasteiger partial charge in [-0.2, -0.15) is 0 Å². The van der Waals surface area contributed by atoms with Crippen molar-refractivity contribution in [2.75, 3.05) is 11.9 Å². The molecule has 0 aliphatic rings. The summed E-state index contributed by atoms with van der Waals surface area (Å²) in [6, 6.07) is 10.0. The van der Waals surface area contributed by atoms with E-state index >= 15 is 0 Å². The van der Waals surface area contributed by atoms with Crippen LogP contribution in [0.4, 0.5) is 5.69 Å². The van der Waals surface area contributed by atoms with Crippen LogP contribution in [0.2, 0.25) is 0 Å². The van der Waals surface area contributed by atoms with Gasteiger partial charge in [-0.05, 0) is 68.9 Å². The van der Waals surface area contributed by atoms with Gasteiger partial charge in [0.25, 0.3) is 5.91 Å². The molecule has 5 heteroatoms. The number of benzene rings is 2. The van der Waals surface area contributed by atoms with Crippen molar-refractivity contribution < 1.29 is 14.3 Å². The van der Waals surface area contributed by atoms with E-state index in [1.54, 1.807) is 6.92 Å². The lowest BCUT2D eigenvalue weighted by atomic mass is 10.0. The summed E-state index contributed by atoms with van der Waals surface area (Å²) in [4.78, 5) is 24.7. The first-order valence-electron chi connectivity index (χ1n) is 10.0. The Morgan fingerprint density at radius 2 is 1.55 bits per heavy atom. The molecule has 0 saturated heterocycles. The van der Waals surface area contributed by atoms with Gasteiger partial charge < -0.3 is 15.4 Å². The lowest BCUT2D eigenvalue weighted by molar-refractivity contribution is -0.129. The Balaban J connectivity index is 1.96. The summed E-state index contributed by atoms with van der Waals surface area (Å²) < 4.78 is 5.91. The molecule has 0 aliphatic carbocycles. The summed E-state index contributed by atoms with van der Waals surface area (Å²) in [6.45, 7) is 13.7. The van der Waals surface area contributed by atoms with Gasteiger partial charge in [0.15, 0.2) is 6.10 Å². The Hall–Kier alpha value is -2.82. The molecule has 0 spiro atoms. The van der Waals surface area contributed by atoms with Crippen molar-refractivity contribution >= 4 is 17.5 Å². The minimum atomic E-state index is -0.704. The standard InChI is InChI=1S/C24H32N2O3/c1-14(2)20-9-8-15(3)12-21(20)29-19(7)24(28)25-13-22(27)26-23-17(5)10-16(4)11-18(23)6/h8-12,14,19H,13H2,1-7H3,(H,25,28)(H,26,27). The molecule has 29 heavy (non-hydrogen) atoms. The zero-order valence-electron chi connectivity index (χ0n) is 18.5. The van der Waals surface area contributed by atoms with Crippen molar-refractivity contribution in [3.05, 3.63) is 58.1 Å². The second kappa shape index (κ2) is 9.59. The fourth-order valence-corrected chi connectivity index (χ4v) is 3.34. The van der Waals surface area contributed by atoms with Crippen LogP contribution in [0.15, 0.2) is 30.3 Å². The molecule has 0 heterocycles. The topological polar surface area (TPSA) is 67.4 Å². The number of amides is 2. The Kier molecular flexibility index (Phi) is 7.43. The zero-order valence-corrected chi connectivity index (χ0v) is 18.5. The van der Waals surface area contributed by atoms with Gasteiger partial charge in [0.1, 0.15) is 5.75 Å². The zero-order chi connectivity index (χ0) is 21.7. The third-order valence-electron chi connectivity index (χ3n) is 4.83. The maximum Gasteiger partial charge on any atom is 0.261 e. The summed E-state index contributed by atoms with van der Waals surface area (Å²) in [5, 5.41) is 5.55. The van der Waals surface area contributed by atoms with Crippen LogP contribution < -0.4 is 15.4 Å². The van der Waals surface area contributed by atoms with Crippen LogP contribution in [0.5, 0.6) is 5.75 Å². The molecule has 156 valence electrons. The highest BCUT2D eigenvalue weighted by atomic mass is 16.5. The fourth-order valence-electron chi connectivity index (χ4n) is 3.34. The largest absolute Gasteiger partial charge is 0.481 e. The molecule has 0 aromatic heterocycles. The first kappa shape index (κ1) is 22.5. The SMILES string of the molecule is Cc1cc(C)c(NC(=O)CNC(=O)C(C)Oc2cc(C)ccc2C(C)C)c(C)c1. The Morgan fingerprint density at radius 1 is 0.931 bits per heavy atom. The van der Waals surface area contributed by atoms with Gasteiger partial charge in [0.05, 0.1) is 6.54 Å². The van der Waals surface area contributed by atoms with E-state index < -0.39 is 6.10 Å². The van der Waals surface area contributed by atoms with Gasteiger partial charge in [-0.15, -0.1) is 0 Å². The Labute approximate surface area is 173 Å². The van der Waals surface area contributed by atoms with E-state index in [1.165, 1.54) is 0 Å². The van der Waals surface area contributed by atoms with Gasteiger partial charge in [-0.3, -0.25) is 9.59 Å². The number of hydrogen-bond donors (Lipinski definition) is 2. The second-order valence-electron chi connectivity index (χ2n) is 8.00. The molecule has 2 amide bonds. The van der Waals surface area contributed by atoms with Crippen LogP contribution in [0.3, 0.4) is 0 Å². The van der Waals surface area contributed by atoms with Crippen LogP contribution in [0, 0.1) is 27.7 Å². The number of aryl methyl sites for hydroxylation is 4. The molecular weight excluding hydrogens is 364 g/mol. The number of carbonyl (C=O) groups is 2. The van der Waals surface area contributed by atoms with Crippen LogP contribution in [0.1, 0.15) is 54.5 Å². The van der Waals surface area contributed by atoms with E-state index in [9.17, 15) is 9.59 Å². The highest BCUT2D eigenvalue weighted by Gasteiger charge is 2.18. The molecule has 1 unspecified atom stereocenters. The normalized spacial score (nSPS) is 11.9. The molecule has 0 bridgehead atoms. The van der Waals surface area contributed by atoms with Crippen LogP contribution in [-0.2, 0) is 9.59 Å². The predicted octanol–water partition coefficient (Wildman–Crippen LogP) is 4.57. The summed E-state index contributed by atoms with van der Waals surface area (Å²) in [7, 11) is 0. The van der Waals surface area contributed by atoms with E-state index in [-0.39, 0.29) is 24.3 Å². The number of anilines is 1. The molecule has 0 fully saturated rings. The van der Waals surface area contributed by atoms with Crippen molar-refractivity contribution in [3.63, 3.8) is 0 Å². The van der Waals surface area contributed by atoms with Gasteiger partial charge in [-0.25, -0.2) is 0 Å². The van der Waals surface area contributed by atoms with E-state index in [2.05, 4.69) is 24.5 Å². The molecule has 2 aromatic rings. The maximum absolute atomic E-state index is 12.4. The van der Waals surface area contributed by atoms with Crippen molar-refractivity contribution in [2.45, 2.75) is 60.5 Å². The lowest BCUT2D eigenvalue weighted by Gasteiger charge is -2.19. The average molecular weight is 397 g/mol. The number of nitrogens with one attached hydrogen (secondary N) is 2. The number of carbonyl (C=O) groups excluding carboxylic acids is 2. The minimum Gasteiger partial charge on any atom is -0.481 e. The van der Waals surface area contributed by atoms with Crippen molar-refractivity contribution in [1.82, 2.24) is 5.32 Å². The quantitative estimate of drug-likeness (QED) is 0.721. The molecule has 2 rings (SSSR count). The van der Waals surface area contributed by atoms with E-state index in [4.69, 9.17) is 4.74 Å². The predicted molar refractivity (Wildman–Crippen MR) is 118 cm³/mol. The van der Waals surface area contributed by atoms with Gasteiger partial charge in [0, 0.05) is 5.69 Å².